The highest BCUT2D eigenvalue weighted by Gasteiger charge is 2.35. The number of morpholine rings is 1. The summed E-state index contributed by atoms with van der Waals surface area (Å²) in [5.41, 5.74) is -0.799. The Balaban J connectivity index is 1.82. The van der Waals surface area contributed by atoms with E-state index in [-0.39, 0.29) is 0 Å². The summed E-state index contributed by atoms with van der Waals surface area (Å²) in [7, 11) is 0. The number of fused-ring (bicyclic) bond motifs is 1. The van der Waals surface area contributed by atoms with Crippen LogP contribution in [0, 0.1) is 0 Å². The van der Waals surface area contributed by atoms with Crippen molar-refractivity contribution < 1.29 is 14.6 Å². The van der Waals surface area contributed by atoms with E-state index < -0.39 is 11.5 Å². The summed E-state index contributed by atoms with van der Waals surface area (Å²) in [6, 6.07) is 0.558. The van der Waals surface area contributed by atoms with Crippen LogP contribution in [0.25, 0.3) is 0 Å². The minimum absolute atomic E-state index is 0.409. The molecule has 2 fully saturated rings. The Hall–Kier alpha value is -0.650. The molecule has 0 radical (unpaired) electrons. The van der Waals surface area contributed by atoms with Crippen molar-refractivity contribution in [3.05, 3.63) is 0 Å². The summed E-state index contributed by atoms with van der Waals surface area (Å²) < 4.78 is 5.89. The topological polar surface area (TPSA) is 61.8 Å². The zero-order valence-electron chi connectivity index (χ0n) is 13.4. The van der Waals surface area contributed by atoms with Crippen LogP contribution in [0.5, 0.6) is 0 Å². The lowest BCUT2D eigenvalue weighted by atomic mass is 9.89. The summed E-state index contributed by atoms with van der Waals surface area (Å²) in [5.74, 6) is -0.748. The van der Waals surface area contributed by atoms with Crippen molar-refractivity contribution in [1.82, 2.24) is 10.2 Å². The fourth-order valence-corrected chi connectivity index (χ4v) is 3.75. The van der Waals surface area contributed by atoms with Gasteiger partial charge in [-0.15, -0.1) is 0 Å². The first-order valence-corrected chi connectivity index (χ1v) is 8.41. The maximum Gasteiger partial charge on any atom is 0.323 e. The van der Waals surface area contributed by atoms with Gasteiger partial charge in [0.05, 0.1) is 12.7 Å². The summed E-state index contributed by atoms with van der Waals surface area (Å²) in [6.07, 6.45) is 6.99. The van der Waals surface area contributed by atoms with Gasteiger partial charge >= 0.3 is 5.97 Å². The maximum absolute atomic E-state index is 11.4. The Bertz CT molecular complexity index is 348. The Morgan fingerprint density at radius 2 is 2.19 bits per heavy atom. The van der Waals surface area contributed by atoms with Crippen molar-refractivity contribution >= 4 is 5.97 Å². The second-order valence-electron chi connectivity index (χ2n) is 6.57. The lowest BCUT2D eigenvalue weighted by Crippen LogP contribution is -2.53. The average molecular weight is 298 g/mol. The van der Waals surface area contributed by atoms with Gasteiger partial charge in [-0.05, 0) is 45.7 Å². The third-order valence-corrected chi connectivity index (χ3v) is 5.01. The molecule has 1 aliphatic heterocycles. The average Bonchev–Trinajstić information content (AvgIpc) is 2.47. The van der Waals surface area contributed by atoms with Crippen LogP contribution in [-0.2, 0) is 9.53 Å². The number of nitrogens with zero attached hydrogens (tertiary/aromatic N) is 1. The van der Waals surface area contributed by atoms with Crippen LogP contribution in [0.3, 0.4) is 0 Å². The highest BCUT2D eigenvalue weighted by Crippen LogP contribution is 2.28. The predicted octanol–water partition coefficient (Wildman–Crippen LogP) is 1.86. The number of hydrogen-bond donors (Lipinski definition) is 2. The van der Waals surface area contributed by atoms with E-state index in [0.29, 0.717) is 25.1 Å². The second-order valence-corrected chi connectivity index (χ2v) is 6.57. The highest BCUT2D eigenvalue weighted by molar-refractivity contribution is 5.78. The molecule has 3 unspecified atom stereocenters. The van der Waals surface area contributed by atoms with E-state index in [4.69, 9.17) is 4.74 Å². The lowest BCUT2D eigenvalue weighted by molar-refractivity contribution is -0.144. The molecule has 1 aliphatic carbocycles. The Morgan fingerprint density at radius 1 is 1.43 bits per heavy atom. The molecular formula is C16H30N2O3. The molecule has 1 saturated carbocycles. The van der Waals surface area contributed by atoms with Crippen LogP contribution in [0.4, 0.5) is 0 Å². The van der Waals surface area contributed by atoms with Crippen LogP contribution in [-0.4, -0.2) is 59.9 Å². The molecule has 0 aromatic carbocycles. The van der Waals surface area contributed by atoms with Crippen molar-refractivity contribution in [1.29, 1.82) is 0 Å². The molecule has 1 heterocycles. The molecule has 5 nitrogen and oxygen atoms in total. The summed E-state index contributed by atoms with van der Waals surface area (Å²) in [6.45, 7) is 7.23. The number of carboxylic acids is 1. The molecule has 0 amide bonds. The number of aliphatic carboxylic acids is 1. The van der Waals surface area contributed by atoms with Crippen LogP contribution < -0.4 is 5.32 Å². The van der Waals surface area contributed by atoms with Gasteiger partial charge in [0.15, 0.2) is 0 Å². The molecule has 2 aliphatic rings. The van der Waals surface area contributed by atoms with E-state index in [1.165, 1.54) is 25.7 Å². The van der Waals surface area contributed by atoms with Crippen molar-refractivity contribution in [3.63, 3.8) is 0 Å². The smallest absolute Gasteiger partial charge is 0.323 e. The van der Waals surface area contributed by atoms with Gasteiger partial charge in [-0.2, -0.15) is 0 Å². The molecule has 0 aromatic heterocycles. The minimum Gasteiger partial charge on any atom is -0.480 e. The van der Waals surface area contributed by atoms with Gasteiger partial charge < -0.3 is 15.2 Å². The van der Waals surface area contributed by atoms with Crippen molar-refractivity contribution in [2.45, 2.75) is 70.1 Å². The number of nitrogens with one attached hydrogen (secondary N) is 1. The van der Waals surface area contributed by atoms with Gasteiger partial charge in [0.2, 0.25) is 0 Å². The molecule has 21 heavy (non-hydrogen) atoms. The lowest BCUT2D eigenvalue weighted by Gasteiger charge is -2.44. The van der Waals surface area contributed by atoms with E-state index in [9.17, 15) is 9.90 Å². The van der Waals surface area contributed by atoms with Gasteiger partial charge in [-0.3, -0.25) is 9.69 Å². The largest absolute Gasteiger partial charge is 0.480 e. The SMILES string of the molecule is CCNC(C)(CCCN1CCOC2CCCCC21)C(=O)O. The van der Waals surface area contributed by atoms with Crippen molar-refractivity contribution in [2.24, 2.45) is 0 Å². The quantitative estimate of drug-likeness (QED) is 0.751. The van der Waals surface area contributed by atoms with Crippen LogP contribution in [0.1, 0.15) is 52.4 Å². The minimum atomic E-state index is -0.799. The van der Waals surface area contributed by atoms with Crippen LogP contribution in [0.2, 0.25) is 0 Å². The molecule has 5 heteroatoms. The van der Waals surface area contributed by atoms with E-state index in [1.54, 1.807) is 6.92 Å². The van der Waals surface area contributed by atoms with Crippen LogP contribution >= 0.6 is 0 Å². The zero-order chi connectivity index (χ0) is 15.3. The molecular weight excluding hydrogens is 268 g/mol. The van der Waals surface area contributed by atoms with Gasteiger partial charge in [0.25, 0.3) is 0 Å². The number of hydrogen-bond acceptors (Lipinski definition) is 4. The first-order chi connectivity index (χ1) is 10.1. The van der Waals surface area contributed by atoms with Crippen LogP contribution in [0.15, 0.2) is 0 Å². The molecule has 2 rings (SSSR count). The number of carboxylic acid groups (broad SMARTS) is 1. The maximum atomic E-state index is 11.4. The van der Waals surface area contributed by atoms with Gasteiger partial charge in [-0.25, -0.2) is 0 Å². The molecule has 1 saturated heterocycles. The first kappa shape index (κ1) is 16.7. The standard InChI is InChI=1S/C16H30N2O3/c1-3-17-16(2,15(19)20)9-6-10-18-11-12-21-14-8-5-4-7-13(14)18/h13-14,17H,3-12H2,1-2H3,(H,19,20). The number of carbonyl (C=O) groups is 1. The Morgan fingerprint density at radius 3 is 2.90 bits per heavy atom. The molecule has 2 N–H and O–H groups in total. The molecule has 122 valence electrons. The van der Waals surface area contributed by atoms with Gasteiger partial charge in [0, 0.05) is 12.6 Å². The van der Waals surface area contributed by atoms with Gasteiger partial charge in [0.1, 0.15) is 5.54 Å². The molecule has 0 spiro atoms. The predicted molar refractivity (Wildman–Crippen MR) is 82.5 cm³/mol. The third kappa shape index (κ3) is 4.18. The first-order valence-electron chi connectivity index (χ1n) is 8.41. The third-order valence-electron chi connectivity index (χ3n) is 5.01. The second kappa shape index (κ2) is 7.56. The number of rotatable bonds is 7. The van der Waals surface area contributed by atoms with Crippen molar-refractivity contribution in [2.75, 3.05) is 26.2 Å². The Kier molecular flexibility index (Phi) is 6.02. The van der Waals surface area contributed by atoms with E-state index in [0.717, 1.165) is 26.1 Å². The summed E-state index contributed by atoms with van der Waals surface area (Å²) in [5, 5.41) is 12.5. The monoisotopic (exact) mass is 298 g/mol. The van der Waals surface area contributed by atoms with E-state index in [2.05, 4.69) is 10.2 Å². The normalized spacial score (nSPS) is 29.6. The van der Waals surface area contributed by atoms with E-state index in [1.807, 2.05) is 6.92 Å². The van der Waals surface area contributed by atoms with E-state index >= 15 is 0 Å². The molecule has 3 atom stereocenters. The van der Waals surface area contributed by atoms with Gasteiger partial charge in [-0.1, -0.05) is 19.8 Å². The summed E-state index contributed by atoms with van der Waals surface area (Å²) in [4.78, 5) is 14.0. The number of ether oxygens (including phenoxy) is 1. The fourth-order valence-electron chi connectivity index (χ4n) is 3.75. The number of likely N-dealkylation sites (N-methyl/N-ethyl adjacent to an activating group) is 1. The molecule has 0 aromatic rings. The highest BCUT2D eigenvalue weighted by atomic mass is 16.5. The molecule has 0 bridgehead atoms. The fraction of sp³-hybridized carbons (Fsp3) is 0.938. The van der Waals surface area contributed by atoms with Crippen molar-refractivity contribution in [3.8, 4) is 0 Å². The summed E-state index contributed by atoms with van der Waals surface area (Å²) >= 11 is 0. The zero-order valence-corrected chi connectivity index (χ0v) is 13.4. The Labute approximate surface area is 128 Å².